The van der Waals surface area contributed by atoms with Gasteiger partial charge in [0.1, 0.15) is 0 Å². The van der Waals surface area contributed by atoms with Crippen molar-refractivity contribution >= 4 is 6.29 Å². The molecule has 0 N–H and O–H groups in total. The number of ether oxygens (including phenoxy) is 2. The first kappa shape index (κ1) is 20.4. The molecule has 0 radical (unpaired) electrons. The fourth-order valence-electron chi connectivity index (χ4n) is 4.42. The van der Waals surface area contributed by atoms with E-state index < -0.39 is 5.41 Å². The minimum absolute atomic E-state index is 0.545. The summed E-state index contributed by atoms with van der Waals surface area (Å²) in [5.41, 5.74) is 3.60. The molecule has 31 heavy (non-hydrogen) atoms. The maximum atomic E-state index is 12.3. The molecule has 0 aliphatic heterocycles. The maximum absolute atomic E-state index is 12.3. The van der Waals surface area contributed by atoms with Crippen molar-refractivity contribution in [3.63, 3.8) is 0 Å². The van der Waals surface area contributed by atoms with Gasteiger partial charge in [-0.25, -0.2) is 0 Å². The lowest BCUT2D eigenvalue weighted by Crippen LogP contribution is -2.33. The van der Waals surface area contributed by atoms with Gasteiger partial charge in [-0.3, -0.25) is 4.79 Å². The number of carbonyl (C=O) groups excluding carboxylic acids is 1. The Morgan fingerprint density at radius 3 is 1.42 bits per heavy atom. The molecule has 0 saturated carbocycles. The third-order valence-electron chi connectivity index (χ3n) is 5.70. The lowest BCUT2D eigenvalue weighted by molar-refractivity contribution is 0.112. The fourth-order valence-corrected chi connectivity index (χ4v) is 4.42. The molecule has 4 aromatic carbocycles. The molecule has 154 valence electrons. The highest BCUT2D eigenvalue weighted by molar-refractivity contribution is 5.84. The summed E-state index contributed by atoms with van der Waals surface area (Å²) in [5.74, 6) is 1.12. The van der Waals surface area contributed by atoms with Crippen LogP contribution in [0.2, 0.25) is 0 Å². The van der Waals surface area contributed by atoms with E-state index in [2.05, 4.69) is 36.4 Å². The second-order valence-corrected chi connectivity index (χ2v) is 7.23. The highest BCUT2D eigenvalue weighted by Gasteiger charge is 2.43. The van der Waals surface area contributed by atoms with Crippen LogP contribution in [-0.2, 0) is 5.41 Å². The molecule has 0 heterocycles. The molecule has 3 heteroatoms. The third kappa shape index (κ3) is 3.38. The van der Waals surface area contributed by atoms with Gasteiger partial charge >= 0.3 is 0 Å². The van der Waals surface area contributed by atoms with Crippen LogP contribution in [0.15, 0.2) is 103 Å². The second-order valence-electron chi connectivity index (χ2n) is 7.23. The Hall–Kier alpha value is -3.85. The van der Waals surface area contributed by atoms with Crippen LogP contribution in [-0.4, -0.2) is 20.5 Å². The van der Waals surface area contributed by atoms with Gasteiger partial charge in [-0.05, 0) is 28.8 Å². The SMILES string of the molecule is COc1ccc(C=O)c(C(c2ccccc2)(c2ccccc2)c2ccccc2)c1OC. The first-order chi connectivity index (χ1) is 15.3. The van der Waals surface area contributed by atoms with Crippen LogP contribution < -0.4 is 9.47 Å². The lowest BCUT2D eigenvalue weighted by Gasteiger charge is -2.38. The summed E-state index contributed by atoms with van der Waals surface area (Å²) in [7, 11) is 3.22. The molecule has 0 unspecified atom stereocenters. The summed E-state index contributed by atoms with van der Waals surface area (Å²) >= 11 is 0. The predicted molar refractivity (Wildman–Crippen MR) is 123 cm³/mol. The molecule has 0 amide bonds. The summed E-state index contributed by atoms with van der Waals surface area (Å²) in [6.45, 7) is 0. The van der Waals surface area contributed by atoms with Gasteiger partial charge < -0.3 is 9.47 Å². The average Bonchev–Trinajstić information content (AvgIpc) is 2.86. The molecule has 4 aromatic rings. The highest BCUT2D eigenvalue weighted by atomic mass is 16.5. The monoisotopic (exact) mass is 408 g/mol. The van der Waals surface area contributed by atoms with E-state index in [0.29, 0.717) is 17.1 Å². The number of hydrogen-bond donors (Lipinski definition) is 0. The summed E-state index contributed by atoms with van der Waals surface area (Å²) < 4.78 is 11.5. The average molecular weight is 408 g/mol. The first-order valence-corrected chi connectivity index (χ1v) is 10.1. The van der Waals surface area contributed by atoms with Gasteiger partial charge in [0.2, 0.25) is 0 Å². The minimum atomic E-state index is -0.792. The summed E-state index contributed by atoms with van der Waals surface area (Å²) in [5, 5.41) is 0. The smallest absolute Gasteiger partial charge is 0.166 e. The van der Waals surface area contributed by atoms with Crippen molar-refractivity contribution in [3.05, 3.63) is 131 Å². The van der Waals surface area contributed by atoms with Gasteiger partial charge in [0.05, 0.1) is 19.6 Å². The van der Waals surface area contributed by atoms with Crippen molar-refractivity contribution in [2.24, 2.45) is 0 Å². The van der Waals surface area contributed by atoms with Gasteiger partial charge in [-0.1, -0.05) is 91.0 Å². The summed E-state index contributed by atoms with van der Waals surface area (Å²) in [4.78, 5) is 12.3. The third-order valence-corrected chi connectivity index (χ3v) is 5.70. The highest BCUT2D eigenvalue weighted by Crippen LogP contribution is 2.51. The van der Waals surface area contributed by atoms with Crippen molar-refractivity contribution in [2.75, 3.05) is 14.2 Å². The van der Waals surface area contributed by atoms with Crippen molar-refractivity contribution in [1.29, 1.82) is 0 Å². The van der Waals surface area contributed by atoms with E-state index in [4.69, 9.17) is 9.47 Å². The molecule has 0 saturated heterocycles. The Labute approximate surface area is 182 Å². The Kier molecular flexibility index (Phi) is 5.85. The van der Waals surface area contributed by atoms with Crippen molar-refractivity contribution in [3.8, 4) is 11.5 Å². The molecule has 0 aliphatic carbocycles. The number of carbonyl (C=O) groups is 1. The molecule has 4 rings (SSSR count). The Bertz CT molecular complexity index is 1060. The second kappa shape index (κ2) is 8.88. The zero-order valence-electron chi connectivity index (χ0n) is 17.6. The lowest BCUT2D eigenvalue weighted by atomic mass is 9.63. The molecule has 3 nitrogen and oxygen atoms in total. The summed E-state index contributed by atoms with van der Waals surface area (Å²) in [6.07, 6.45) is 0.890. The molecule has 0 fully saturated rings. The van der Waals surface area contributed by atoms with E-state index in [0.717, 1.165) is 28.5 Å². The molecule has 0 aromatic heterocycles. The van der Waals surface area contributed by atoms with Crippen LogP contribution >= 0.6 is 0 Å². The number of hydrogen-bond acceptors (Lipinski definition) is 3. The summed E-state index contributed by atoms with van der Waals surface area (Å²) in [6, 6.07) is 34.2. The fraction of sp³-hybridized carbons (Fsp3) is 0.107. The van der Waals surface area contributed by atoms with Crippen molar-refractivity contribution in [1.82, 2.24) is 0 Å². The molecular weight excluding hydrogens is 384 g/mol. The first-order valence-electron chi connectivity index (χ1n) is 10.1. The van der Waals surface area contributed by atoms with E-state index in [1.54, 1.807) is 26.4 Å². The Morgan fingerprint density at radius 2 is 1.06 bits per heavy atom. The van der Waals surface area contributed by atoms with Gasteiger partial charge in [-0.15, -0.1) is 0 Å². The van der Waals surface area contributed by atoms with Gasteiger partial charge in [0.25, 0.3) is 0 Å². The van der Waals surface area contributed by atoms with Crippen LogP contribution in [0.3, 0.4) is 0 Å². The predicted octanol–water partition coefficient (Wildman–Crippen LogP) is 5.90. The van der Waals surface area contributed by atoms with Crippen molar-refractivity contribution in [2.45, 2.75) is 5.41 Å². The van der Waals surface area contributed by atoms with E-state index >= 15 is 0 Å². The normalized spacial score (nSPS) is 11.0. The van der Waals surface area contributed by atoms with Crippen LogP contribution in [0, 0.1) is 0 Å². The number of rotatable bonds is 7. The van der Waals surface area contributed by atoms with E-state index in [9.17, 15) is 4.79 Å². The number of methoxy groups -OCH3 is 2. The Balaban J connectivity index is 2.27. The van der Waals surface area contributed by atoms with Crippen molar-refractivity contribution < 1.29 is 14.3 Å². The number of aldehydes is 1. The Morgan fingerprint density at radius 1 is 0.613 bits per heavy atom. The van der Waals surface area contributed by atoms with Gasteiger partial charge in [0.15, 0.2) is 17.8 Å². The standard InChI is InChI=1S/C28H24O3/c1-30-25-19-18-21(20-29)26(27(25)31-2)28(22-12-6-3-7-13-22,23-14-8-4-9-15-23)24-16-10-5-11-17-24/h3-20H,1-2H3. The van der Waals surface area contributed by atoms with Crippen LogP contribution in [0.25, 0.3) is 0 Å². The molecular formula is C28H24O3. The quantitative estimate of drug-likeness (QED) is 0.282. The molecule has 0 bridgehead atoms. The maximum Gasteiger partial charge on any atom is 0.166 e. The number of benzene rings is 4. The van der Waals surface area contributed by atoms with Gasteiger partial charge in [0, 0.05) is 11.1 Å². The topological polar surface area (TPSA) is 35.5 Å². The minimum Gasteiger partial charge on any atom is -0.493 e. The van der Waals surface area contributed by atoms with Crippen LogP contribution in [0.1, 0.15) is 32.6 Å². The van der Waals surface area contributed by atoms with E-state index in [-0.39, 0.29) is 0 Å². The van der Waals surface area contributed by atoms with Crippen LogP contribution in [0.4, 0.5) is 0 Å². The van der Waals surface area contributed by atoms with Gasteiger partial charge in [-0.2, -0.15) is 0 Å². The van der Waals surface area contributed by atoms with E-state index in [1.807, 2.05) is 54.6 Å². The molecule has 0 spiro atoms. The zero-order valence-corrected chi connectivity index (χ0v) is 17.6. The molecule has 0 aliphatic rings. The van der Waals surface area contributed by atoms with E-state index in [1.165, 1.54) is 0 Å². The largest absolute Gasteiger partial charge is 0.493 e. The molecule has 0 atom stereocenters. The zero-order chi connectivity index (χ0) is 21.7. The van der Waals surface area contributed by atoms with Crippen LogP contribution in [0.5, 0.6) is 11.5 Å².